The Hall–Kier alpha value is -2.40. The smallest absolute Gasteiger partial charge is 0.261 e. The van der Waals surface area contributed by atoms with Gasteiger partial charge in [-0.2, -0.15) is 0 Å². The van der Waals surface area contributed by atoms with Crippen molar-refractivity contribution in [1.82, 2.24) is 5.32 Å². The van der Waals surface area contributed by atoms with Gasteiger partial charge in [-0.15, -0.1) is 0 Å². The molecule has 2 unspecified atom stereocenters. The summed E-state index contributed by atoms with van der Waals surface area (Å²) in [5.74, 6) is -0.596. The quantitative estimate of drug-likeness (QED) is 0.890. The van der Waals surface area contributed by atoms with Crippen LogP contribution in [0.3, 0.4) is 0 Å². The second kappa shape index (κ2) is 6.79. The van der Waals surface area contributed by atoms with Crippen molar-refractivity contribution in [3.8, 4) is 5.75 Å². The van der Waals surface area contributed by atoms with E-state index < -0.39 is 11.9 Å². The summed E-state index contributed by atoms with van der Waals surface area (Å²) in [5, 5.41) is 12.1. The first-order valence-electron chi connectivity index (χ1n) is 7.59. The summed E-state index contributed by atoms with van der Waals surface area (Å²) in [6.07, 6.45) is 0.00962. The summed E-state index contributed by atoms with van der Waals surface area (Å²) in [7, 11) is 0. The van der Waals surface area contributed by atoms with Crippen LogP contribution in [0.5, 0.6) is 5.75 Å². The highest BCUT2D eigenvalue weighted by molar-refractivity contribution is 5.83. The van der Waals surface area contributed by atoms with Gasteiger partial charge in [0.15, 0.2) is 17.7 Å². The van der Waals surface area contributed by atoms with Crippen LogP contribution in [0.15, 0.2) is 48.5 Å². The summed E-state index contributed by atoms with van der Waals surface area (Å²) in [5.41, 5.74) is 1.61. The minimum Gasteiger partial charge on any atom is -0.477 e. The molecule has 2 aromatic carbocycles. The number of hydrogen-bond donors (Lipinski definition) is 2. The van der Waals surface area contributed by atoms with Gasteiger partial charge in [0, 0.05) is 18.6 Å². The fourth-order valence-electron chi connectivity index (χ4n) is 2.78. The van der Waals surface area contributed by atoms with E-state index in [4.69, 9.17) is 4.74 Å². The van der Waals surface area contributed by atoms with Gasteiger partial charge in [0.1, 0.15) is 0 Å². The van der Waals surface area contributed by atoms with Crippen molar-refractivity contribution in [3.63, 3.8) is 0 Å². The molecule has 0 aliphatic carbocycles. The molecular formula is C18H18FNO3. The van der Waals surface area contributed by atoms with Gasteiger partial charge in [0.25, 0.3) is 5.91 Å². The van der Waals surface area contributed by atoms with Crippen LogP contribution >= 0.6 is 0 Å². The minimum atomic E-state index is -0.744. The molecular weight excluding hydrogens is 297 g/mol. The summed E-state index contributed by atoms with van der Waals surface area (Å²) < 4.78 is 19.2. The van der Waals surface area contributed by atoms with Crippen LogP contribution in [-0.4, -0.2) is 23.7 Å². The Morgan fingerprint density at radius 2 is 2.04 bits per heavy atom. The summed E-state index contributed by atoms with van der Waals surface area (Å²) in [6, 6.07) is 13.8. The van der Waals surface area contributed by atoms with E-state index in [1.54, 1.807) is 12.1 Å². The number of fused-ring (bicyclic) bond motifs is 1. The van der Waals surface area contributed by atoms with Crippen LogP contribution in [0.2, 0.25) is 0 Å². The standard InChI is InChI=1S/C18H18FNO3/c19-14-8-4-7-13-11-16(23-17(13)14)18(22)20-15(9-10-21)12-5-2-1-3-6-12/h1-8,15-16,21H,9-11H2,(H,20,22). The monoisotopic (exact) mass is 315 g/mol. The number of amides is 1. The lowest BCUT2D eigenvalue weighted by Crippen LogP contribution is -2.39. The van der Waals surface area contributed by atoms with Crippen molar-refractivity contribution >= 4 is 5.91 Å². The van der Waals surface area contributed by atoms with Crippen molar-refractivity contribution in [3.05, 3.63) is 65.5 Å². The maximum Gasteiger partial charge on any atom is 0.261 e. The molecule has 0 fully saturated rings. The number of para-hydroxylation sites is 1. The zero-order valence-electron chi connectivity index (χ0n) is 12.5. The zero-order chi connectivity index (χ0) is 16.2. The normalized spacial score (nSPS) is 17.2. The van der Waals surface area contributed by atoms with Gasteiger partial charge in [-0.1, -0.05) is 42.5 Å². The number of rotatable bonds is 5. The lowest BCUT2D eigenvalue weighted by molar-refractivity contribution is -0.128. The van der Waals surface area contributed by atoms with Crippen LogP contribution in [0.4, 0.5) is 4.39 Å². The molecule has 0 aromatic heterocycles. The Balaban J connectivity index is 1.70. The number of halogens is 1. The van der Waals surface area contributed by atoms with Crippen LogP contribution in [0.25, 0.3) is 0 Å². The van der Waals surface area contributed by atoms with E-state index in [9.17, 15) is 14.3 Å². The molecule has 0 saturated carbocycles. The van der Waals surface area contributed by atoms with Gasteiger partial charge in [-0.3, -0.25) is 4.79 Å². The summed E-state index contributed by atoms with van der Waals surface area (Å²) in [6.45, 7) is -0.0414. The highest BCUT2D eigenvalue weighted by Crippen LogP contribution is 2.31. The number of hydrogen-bond acceptors (Lipinski definition) is 3. The molecule has 1 aliphatic rings. The van der Waals surface area contributed by atoms with Gasteiger partial charge in [-0.05, 0) is 18.1 Å². The molecule has 5 heteroatoms. The predicted molar refractivity (Wildman–Crippen MR) is 83.5 cm³/mol. The third-order valence-electron chi connectivity index (χ3n) is 3.94. The fourth-order valence-corrected chi connectivity index (χ4v) is 2.78. The van der Waals surface area contributed by atoms with E-state index in [2.05, 4.69) is 5.32 Å². The fraction of sp³-hybridized carbons (Fsp3) is 0.278. The van der Waals surface area contributed by atoms with Crippen molar-refractivity contribution in [2.24, 2.45) is 0 Å². The average Bonchev–Trinajstić information content (AvgIpc) is 3.01. The molecule has 3 rings (SSSR count). The molecule has 1 heterocycles. The molecule has 0 saturated heterocycles. The molecule has 1 amide bonds. The summed E-state index contributed by atoms with van der Waals surface area (Å²) >= 11 is 0. The zero-order valence-corrected chi connectivity index (χ0v) is 12.5. The number of carbonyl (C=O) groups excluding carboxylic acids is 1. The van der Waals surface area contributed by atoms with Gasteiger partial charge in [0.2, 0.25) is 0 Å². The largest absolute Gasteiger partial charge is 0.477 e. The average molecular weight is 315 g/mol. The second-order valence-electron chi connectivity index (χ2n) is 5.52. The Bertz CT molecular complexity index is 690. The first-order chi connectivity index (χ1) is 11.2. The van der Waals surface area contributed by atoms with Gasteiger partial charge < -0.3 is 15.2 Å². The van der Waals surface area contributed by atoms with Crippen molar-refractivity contribution in [1.29, 1.82) is 0 Å². The predicted octanol–water partition coefficient (Wildman–Crippen LogP) is 2.37. The lowest BCUT2D eigenvalue weighted by atomic mass is 10.0. The number of aliphatic hydroxyl groups is 1. The number of ether oxygens (including phenoxy) is 1. The number of aliphatic hydroxyl groups excluding tert-OH is 1. The number of benzene rings is 2. The van der Waals surface area contributed by atoms with E-state index in [1.165, 1.54) is 6.07 Å². The highest BCUT2D eigenvalue weighted by Gasteiger charge is 2.32. The van der Waals surface area contributed by atoms with E-state index in [-0.39, 0.29) is 24.3 Å². The molecule has 120 valence electrons. The van der Waals surface area contributed by atoms with Crippen LogP contribution in [0.1, 0.15) is 23.6 Å². The molecule has 2 N–H and O–H groups in total. The van der Waals surface area contributed by atoms with E-state index in [0.717, 1.165) is 5.56 Å². The van der Waals surface area contributed by atoms with Crippen molar-refractivity contribution < 1.29 is 19.0 Å². The van der Waals surface area contributed by atoms with Crippen LogP contribution < -0.4 is 10.1 Å². The molecule has 0 bridgehead atoms. The molecule has 0 spiro atoms. The molecule has 2 aromatic rings. The highest BCUT2D eigenvalue weighted by atomic mass is 19.1. The number of nitrogens with one attached hydrogen (secondary N) is 1. The lowest BCUT2D eigenvalue weighted by Gasteiger charge is -2.20. The van der Waals surface area contributed by atoms with E-state index in [0.29, 0.717) is 18.4 Å². The first kappa shape index (κ1) is 15.5. The maximum atomic E-state index is 13.7. The molecule has 1 aliphatic heterocycles. The Labute approximate surface area is 133 Å². The maximum absolute atomic E-state index is 13.7. The van der Waals surface area contributed by atoms with E-state index >= 15 is 0 Å². The molecule has 0 radical (unpaired) electrons. The number of carbonyl (C=O) groups is 1. The Morgan fingerprint density at radius 3 is 2.74 bits per heavy atom. The minimum absolute atomic E-state index is 0.0414. The summed E-state index contributed by atoms with van der Waals surface area (Å²) in [4.78, 5) is 12.4. The van der Waals surface area contributed by atoms with Crippen molar-refractivity contribution in [2.45, 2.75) is 25.0 Å². The first-order valence-corrected chi connectivity index (χ1v) is 7.59. The third-order valence-corrected chi connectivity index (χ3v) is 3.94. The van der Waals surface area contributed by atoms with Crippen LogP contribution in [-0.2, 0) is 11.2 Å². The van der Waals surface area contributed by atoms with Crippen LogP contribution in [0, 0.1) is 5.82 Å². The van der Waals surface area contributed by atoms with Crippen molar-refractivity contribution in [2.75, 3.05) is 6.61 Å². The third kappa shape index (κ3) is 3.35. The van der Waals surface area contributed by atoms with Gasteiger partial charge in [0.05, 0.1) is 6.04 Å². The second-order valence-corrected chi connectivity index (χ2v) is 5.52. The molecule has 23 heavy (non-hydrogen) atoms. The Kier molecular flexibility index (Phi) is 4.57. The topological polar surface area (TPSA) is 58.6 Å². The van der Waals surface area contributed by atoms with Gasteiger partial charge >= 0.3 is 0 Å². The van der Waals surface area contributed by atoms with Gasteiger partial charge in [-0.25, -0.2) is 4.39 Å². The van der Waals surface area contributed by atoms with E-state index in [1.807, 2.05) is 30.3 Å². The Morgan fingerprint density at radius 1 is 1.26 bits per heavy atom. The molecule has 4 nitrogen and oxygen atoms in total. The SMILES string of the molecule is O=C(NC(CCO)c1ccccc1)C1Cc2cccc(F)c2O1. The molecule has 2 atom stereocenters.